The maximum Gasteiger partial charge on any atom is 0.253 e. The maximum absolute atomic E-state index is 12.5. The SMILES string of the molecule is Cc1ccc(CN2CCC3(CCC3NC(=O)c3ccn(C)c3)CC2)s1. The van der Waals surface area contributed by atoms with Crippen LogP contribution < -0.4 is 5.32 Å². The van der Waals surface area contributed by atoms with Crippen molar-refractivity contribution in [1.82, 2.24) is 14.8 Å². The molecule has 134 valence electrons. The fourth-order valence-electron chi connectivity index (χ4n) is 4.35. The van der Waals surface area contributed by atoms with Crippen LogP contribution in [0.3, 0.4) is 0 Å². The molecule has 1 aliphatic heterocycles. The second-order valence-corrected chi connectivity index (χ2v) is 9.15. The van der Waals surface area contributed by atoms with Crippen molar-refractivity contribution in [2.45, 2.75) is 45.2 Å². The molecular formula is C20H27N3OS. The lowest BCUT2D eigenvalue weighted by atomic mass is 9.59. The van der Waals surface area contributed by atoms with Crippen molar-refractivity contribution in [2.24, 2.45) is 12.5 Å². The number of aryl methyl sites for hydroxylation is 2. The summed E-state index contributed by atoms with van der Waals surface area (Å²) in [5, 5.41) is 3.31. The van der Waals surface area contributed by atoms with E-state index < -0.39 is 0 Å². The smallest absolute Gasteiger partial charge is 0.253 e. The van der Waals surface area contributed by atoms with E-state index in [1.54, 1.807) is 0 Å². The first kappa shape index (κ1) is 16.9. The van der Waals surface area contributed by atoms with Crippen molar-refractivity contribution in [3.63, 3.8) is 0 Å². The van der Waals surface area contributed by atoms with Crippen LogP contribution in [0.25, 0.3) is 0 Å². The van der Waals surface area contributed by atoms with Crippen LogP contribution in [0, 0.1) is 12.3 Å². The van der Waals surface area contributed by atoms with E-state index in [0.29, 0.717) is 11.5 Å². The topological polar surface area (TPSA) is 37.3 Å². The molecule has 1 amide bonds. The zero-order valence-electron chi connectivity index (χ0n) is 15.1. The van der Waals surface area contributed by atoms with Crippen molar-refractivity contribution in [3.05, 3.63) is 45.9 Å². The van der Waals surface area contributed by atoms with Crippen LogP contribution in [-0.2, 0) is 13.6 Å². The highest BCUT2D eigenvalue weighted by Gasteiger charge is 2.48. The number of piperidine rings is 1. The van der Waals surface area contributed by atoms with Crippen molar-refractivity contribution in [3.8, 4) is 0 Å². The summed E-state index contributed by atoms with van der Waals surface area (Å²) in [6, 6.07) is 6.72. The van der Waals surface area contributed by atoms with Gasteiger partial charge in [0.1, 0.15) is 0 Å². The molecule has 1 saturated carbocycles. The van der Waals surface area contributed by atoms with Gasteiger partial charge in [-0.15, -0.1) is 11.3 Å². The highest BCUT2D eigenvalue weighted by Crippen LogP contribution is 2.49. The van der Waals surface area contributed by atoms with Crippen molar-refractivity contribution < 1.29 is 4.79 Å². The fourth-order valence-corrected chi connectivity index (χ4v) is 5.28. The summed E-state index contributed by atoms with van der Waals surface area (Å²) in [4.78, 5) is 17.9. The van der Waals surface area contributed by atoms with Gasteiger partial charge in [0.25, 0.3) is 5.91 Å². The average Bonchev–Trinajstić information content (AvgIpc) is 3.20. The van der Waals surface area contributed by atoms with Gasteiger partial charge in [-0.1, -0.05) is 0 Å². The van der Waals surface area contributed by atoms with Crippen LogP contribution in [0.2, 0.25) is 0 Å². The zero-order valence-corrected chi connectivity index (χ0v) is 15.9. The molecule has 4 nitrogen and oxygen atoms in total. The van der Waals surface area contributed by atoms with Gasteiger partial charge in [-0.05, 0) is 69.3 Å². The third-order valence-electron chi connectivity index (χ3n) is 6.10. The molecule has 2 fully saturated rings. The van der Waals surface area contributed by atoms with Crippen LogP contribution in [0.5, 0.6) is 0 Å². The van der Waals surface area contributed by atoms with Crippen LogP contribution >= 0.6 is 11.3 Å². The Morgan fingerprint density at radius 3 is 2.64 bits per heavy atom. The second kappa shape index (κ2) is 6.61. The van der Waals surface area contributed by atoms with Gasteiger partial charge in [0, 0.05) is 41.8 Å². The van der Waals surface area contributed by atoms with Crippen LogP contribution in [0.4, 0.5) is 0 Å². The quantitative estimate of drug-likeness (QED) is 0.908. The number of thiophene rings is 1. The van der Waals surface area contributed by atoms with Crippen LogP contribution in [-0.4, -0.2) is 34.5 Å². The van der Waals surface area contributed by atoms with E-state index in [0.717, 1.165) is 31.6 Å². The Morgan fingerprint density at radius 2 is 2.08 bits per heavy atom. The van der Waals surface area contributed by atoms with E-state index in [-0.39, 0.29) is 5.91 Å². The summed E-state index contributed by atoms with van der Waals surface area (Å²) in [6.07, 6.45) is 8.62. The Hall–Kier alpha value is -1.59. The number of amides is 1. The number of rotatable bonds is 4. The van der Waals surface area contributed by atoms with E-state index in [1.165, 1.54) is 29.0 Å². The number of carbonyl (C=O) groups is 1. The Balaban J connectivity index is 1.32. The third kappa shape index (κ3) is 3.40. The van der Waals surface area contributed by atoms with Gasteiger partial charge in [-0.25, -0.2) is 0 Å². The molecule has 2 aromatic rings. The normalized spacial score (nSPS) is 22.7. The summed E-state index contributed by atoms with van der Waals surface area (Å²) in [5.41, 5.74) is 1.11. The minimum Gasteiger partial charge on any atom is -0.356 e. The Bertz CT molecular complexity index is 755. The Morgan fingerprint density at radius 1 is 1.28 bits per heavy atom. The van der Waals surface area contributed by atoms with Gasteiger partial charge in [-0.3, -0.25) is 9.69 Å². The molecule has 0 bridgehead atoms. The Kier molecular flexibility index (Phi) is 4.46. The number of carbonyl (C=O) groups excluding carboxylic acids is 1. The lowest BCUT2D eigenvalue weighted by molar-refractivity contribution is -0.00686. The van der Waals surface area contributed by atoms with Gasteiger partial charge in [0.15, 0.2) is 0 Å². The molecule has 1 aliphatic carbocycles. The van der Waals surface area contributed by atoms with E-state index in [1.807, 2.05) is 41.4 Å². The molecule has 4 rings (SSSR count). The van der Waals surface area contributed by atoms with E-state index in [9.17, 15) is 4.79 Å². The first-order chi connectivity index (χ1) is 12.0. The summed E-state index contributed by atoms with van der Waals surface area (Å²) in [6.45, 7) is 5.55. The maximum atomic E-state index is 12.5. The predicted molar refractivity (Wildman–Crippen MR) is 102 cm³/mol. The van der Waals surface area contributed by atoms with E-state index >= 15 is 0 Å². The predicted octanol–water partition coefficient (Wildman–Crippen LogP) is 3.57. The fraction of sp³-hybridized carbons (Fsp3) is 0.550. The molecule has 5 heteroatoms. The van der Waals surface area contributed by atoms with Gasteiger partial charge in [-0.2, -0.15) is 0 Å². The monoisotopic (exact) mass is 357 g/mol. The molecule has 2 aliphatic rings. The number of aromatic nitrogens is 1. The van der Waals surface area contributed by atoms with Crippen molar-refractivity contribution in [2.75, 3.05) is 13.1 Å². The largest absolute Gasteiger partial charge is 0.356 e. The third-order valence-corrected chi connectivity index (χ3v) is 7.08. The molecule has 1 N–H and O–H groups in total. The average molecular weight is 358 g/mol. The van der Waals surface area contributed by atoms with Crippen LogP contribution in [0.1, 0.15) is 45.8 Å². The lowest BCUT2D eigenvalue weighted by Crippen LogP contribution is -2.59. The molecule has 1 atom stereocenters. The highest BCUT2D eigenvalue weighted by atomic mass is 32.1. The molecule has 1 saturated heterocycles. The number of nitrogens with one attached hydrogen (secondary N) is 1. The highest BCUT2D eigenvalue weighted by molar-refractivity contribution is 7.11. The summed E-state index contributed by atoms with van der Waals surface area (Å²) in [5.74, 6) is 0.0844. The molecule has 3 heterocycles. The number of likely N-dealkylation sites (tertiary alicyclic amines) is 1. The standard InChI is InChI=1S/C20H27N3OS/c1-15-3-4-17(25-15)14-23-11-8-20(9-12-23)7-5-18(20)21-19(24)16-6-10-22(2)13-16/h3-4,6,10,13,18H,5,7-9,11-12,14H2,1-2H3,(H,21,24). The molecule has 25 heavy (non-hydrogen) atoms. The molecular weight excluding hydrogens is 330 g/mol. The van der Waals surface area contributed by atoms with Gasteiger partial charge in [0.05, 0.1) is 5.56 Å². The molecule has 2 aromatic heterocycles. The Labute approximate surface area is 153 Å². The summed E-state index contributed by atoms with van der Waals surface area (Å²) in [7, 11) is 1.95. The van der Waals surface area contributed by atoms with Gasteiger partial charge in [0.2, 0.25) is 0 Å². The minimum absolute atomic E-state index is 0.0844. The van der Waals surface area contributed by atoms with Gasteiger partial charge < -0.3 is 9.88 Å². The molecule has 1 unspecified atom stereocenters. The number of nitrogens with zero attached hydrogens (tertiary/aromatic N) is 2. The summed E-state index contributed by atoms with van der Waals surface area (Å²) < 4.78 is 1.93. The van der Waals surface area contributed by atoms with E-state index in [2.05, 4.69) is 29.3 Å². The van der Waals surface area contributed by atoms with Crippen LogP contribution in [0.15, 0.2) is 30.6 Å². The minimum atomic E-state index is 0.0844. The van der Waals surface area contributed by atoms with Crippen molar-refractivity contribution >= 4 is 17.2 Å². The van der Waals surface area contributed by atoms with Crippen molar-refractivity contribution in [1.29, 1.82) is 0 Å². The first-order valence-electron chi connectivity index (χ1n) is 9.25. The first-order valence-corrected chi connectivity index (χ1v) is 10.1. The van der Waals surface area contributed by atoms with E-state index in [4.69, 9.17) is 0 Å². The lowest BCUT2D eigenvalue weighted by Gasteiger charge is -2.54. The number of hydrogen-bond donors (Lipinski definition) is 1. The van der Waals surface area contributed by atoms with Gasteiger partial charge >= 0.3 is 0 Å². The second-order valence-electron chi connectivity index (χ2n) is 7.78. The molecule has 1 spiro atoms. The number of hydrogen-bond acceptors (Lipinski definition) is 3. The zero-order chi connectivity index (χ0) is 17.4. The summed E-state index contributed by atoms with van der Waals surface area (Å²) >= 11 is 1.91. The molecule has 0 aromatic carbocycles. The molecule has 0 radical (unpaired) electrons.